The van der Waals surface area contributed by atoms with Crippen molar-refractivity contribution in [3.63, 3.8) is 0 Å². The van der Waals surface area contributed by atoms with Gasteiger partial charge >= 0.3 is 0 Å². The molecule has 0 aliphatic heterocycles. The zero-order valence-corrected chi connectivity index (χ0v) is 7.97. The van der Waals surface area contributed by atoms with Crippen LogP contribution in [0.4, 0.5) is 5.69 Å². The number of nitrogens with two attached hydrogens (primary N) is 1. The molecule has 0 unspecified atom stereocenters. The molecule has 0 bridgehead atoms. The highest BCUT2D eigenvalue weighted by Crippen LogP contribution is 2.30. The van der Waals surface area contributed by atoms with Crippen LogP contribution in [-0.4, -0.2) is 4.92 Å². The van der Waals surface area contributed by atoms with Crippen LogP contribution < -0.4 is 5.73 Å². The van der Waals surface area contributed by atoms with Crippen molar-refractivity contribution in [2.24, 2.45) is 5.73 Å². The number of nitrogens with zero attached hydrogens (tertiary/aromatic N) is 1. The largest absolute Gasteiger partial charge is 0.326 e. The van der Waals surface area contributed by atoms with Gasteiger partial charge in [0.15, 0.2) is 0 Å². The maximum Gasteiger partial charge on any atom is 0.271 e. The summed E-state index contributed by atoms with van der Waals surface area (Å²) in [5.74, 6) is 0. The molecule has 0 spiro atoms. The van der Waals surface area contributed by atoms with E-state index in [9.17, 15) is 10.1 Å². The Hall–Kier alpha value is -0.840. The molecule has 0 heterocycles. The molecular formula is C7H6Cl2N2O2. The van der Waals surface area contributed by atoms with Gasteiger partial charge in [-0.1, -0.05) is 23.2 Å². The monoisotopic (exact) mass is 220 g/mol. The van der Waals surface area contributed by atoms with Gasteiger partial charge in [-0.15, -0.1) is 0 Å². The fraction of sp³-hybridized carbons (Fsp3) is 0.143. The van der Waals surface area contributed by atoms with Gasteiger partial charge in [0.2, 0.25) is 0 Å². The molecule has 1 aromatic rings. The molecule has 1 aromatic carbocycles. The van der Waals surface area contributed by atoms with Gasteiger partial charge in [-0.25, -0.2) is 0 Å². The van der Waals surface area contributed by atoms with Crippen LogP contribution in [0.1, 0.15) is 5.56 Å². The average molecular weight is 221 g/mol. The highest BCUT2D eigenvalue weighted by atomic mass is 35.5. The van der Waals surface area contributed by atoms with Gasteiger partial charge < -0.3 is 5.73 Å². The van der Waals surface area contributed by atoms with Gasteiger partial charge in [-0.2, -0.15) is 0 Å². The molecule has 4 nitrogen and oxygen atoms in total. The molecule has 0 radical (unpaired) electrons. The Morgan fingerprint density at radius 1 is 1.46 bits per heavy atom. The molecule has 0 saturated carbocycles. The molecular weight excluding hydrogens is 215 g/mol. The third-order valence-corrected chi connectivity index (χ3v) is 2.36. The molecule has 2 N–H and O–H groups in total. The molecule has 1 rings (SSSR count). The number of nitro groups is 1. The summed E-state index contributed by atoms with van der Waals surface area (Å²) >= 11 is 11.4. The van der Waals surface area contributed by atoms with Crippen molar-refractivity contribution in [2.45, 2.75) is 6.54 Å². The molecule has 0 saturated heterocycles. The van der Waals surface area contributed by atoms with Crippen molar-refractivity contribution in [1.29, 1.82) is 0 Å². The first-order valence-corrected chi connectivity index (χ1v) is 4.14. The van der Waals surface area contributed by atoms with Crippen LogP contribution in [0.15, 0.2) is 12.1 Å². The molecule has 0 fully saturated rings. The number of benzene rings is 1. The number of hydrogen-bond acceptors (Lipinski definition) is 3. The van der Waals surface area contributed by atoms with E-state index in [1.165, 1.54) is 12.1 Å². The van der Waals surface area contributed by atoms with Crippen LogP contribution in [0.3, 0.4) is 0 Å². The van der Waals surface area contributed by atoms with Crippen LogP contribution in [-0.2, 0) is 6.54 Å². The third-order valence-electron chi connectivity index (χ3n) is 1.52. The van der Waals surface area contributed by atoms with E-state index >= 15 is 0 Å². The second-order valence-electron chi connectivity index (χ2n) is 2.36. The van der Waals surface area contributed by atoms with E-state index in [1.807, 2.05) is 0 Å². The summed E-state index contributed by atoms with van der Waals surface area (Å²) in [7, 11) is 0. The first kappa shape index (κ1) is 10.2. The predicted octanol–water partition coefficient (Wildman–Crippen LogP) is 2.36. The highest BCUT2D eigenvalue weighted by molar-refractivity contribution is 6.42. The van der Waals surface area contributed by atoms with Crippen LogP contribution >= 0.6 is 23.2 Å². The van der Waals surface area contributed by atoms with Gasteiger partial charge in [0.25, 0.3) is 5.69 Å². The molecule has 0 atom stereocenters. The molecule has 0 amide bonds. The number of non-ortho nitro benzene ring substituents is 1. The van der Waals surface area contributed by atoms with Crippen molar-refractivity contribution in [1.82, 2.24) is 0 Å². The van der Waals surface area contributed by atoms with Crippen molar-refractivity contribution < 1.29 is 4.92 Å². The van der Waals surface area contributed by atoms with E-state index in [4.69, 9.17) is 28.9 Å². The van der Waals surface area contributed by atoms with Gasteiger partial charge in [-0.05, 0) is 5.56 Å². The summed E-state index contributed by atoms with van der Waals surface area (Å²) in [4.78, 5) is 9.86. The topological polar surface area (TPSA) is 69.2 Å². The maximum absolute atomic E-state index is 10.4. The molecule has 6 heteroatoms. The van der Waals surface area contributed by atoms with Gasteiger partial charge in [0.05, 0.1) is 15.0 Å². The fourth-order valence-electron chi connectivity index (χ4n) is 0.884. The van der Waals surface area contributed by atoms with Gasteiger partial charge in [0, 0.05) is 18.7 Å². The Morgan fingerprint density at radius 3 is 2.54 bits per heavy atom. The van der Waals surface area contributed by atoms with Gasteiger partial charge in [-0.3, -0.25) is 10.1 Å². The third kappa shape index (κ3) is 2.09. The molecule has 0 aliphatic carbocycles. The molecule has 0 aliphatic rings. The van der Waals surface area contributed by atoms with E-state index in [2.05, 4.69) is 0 Å². The van der Waals surface area contributed by atoms with Crippen molar-refractivity contribution in [2.75, 3.05) is 0 Å². The minimum atomic E-state index is -0.540. The summed E-state index contributed by atoms with van der Waals surface area (Å²) in [6, 6.07) is 2.51. The first-order valence-electron chi connectivity index (χ1n) is 3.38. The van der Waals surface area contributed by atoms with Crippen molar-refractivity contribution >= 4 is 28.9 Å². The summed E-state index contributed by atoms with van der Waals surface area (Å²) in [6.07, 6.45) is 0. The summed E-state index contributed by atoms with van der Waals surface area (Å²) < 4.78 is 0. The summed E-state index contributed by atoms with van der Waals surface area (Å²) in [6.45, 7) is 0.125. The van der Waals surface area contributed by atoms with E-state index in [-0.39, 0.29) is 22.3 Å². The first-order chi connectivity index (χ1) is 6.06. The van der Waals surface area contributed by atoms with Crippen molar-refractivity contribution in [3.05, 3.63) is 37.9 Å². The van der Waals surface area contributed by atoms with Crippen LogP contribution in [0, 0.1) is 10.1 Å². The Kier molecular flexibility index (Phi) is 3.08. The number of nitro benzene ring substituents is 1. The fourth-order valence-corrected chi connectivity index (χ4v) is 1.30. The number of hydrogen-bond donors (Lipinski definition) is 1. The van der Waals surface area contributed by atoms with Crippen LogP contribution in [0.2, 0.25) is 10.0 Å². The normalized spacial score (nSPS) is 10.1. The zero-order valence-electron chi connectivity index (χ0n) is 6.46. The lowest BCUT2D eigenvalue weighted by Gasteiger charge is -2.02. The summed E-state index contributed by atoms with van der Waals surface area (Å²) in [5, 5.41) is 10.8. The quantitative estimate of drug-likeness (QED) is 0.615. The second-order valence-corrected chi connectivity index (χ2v) is 3.15. The Balaban J connectivity index is 3.30. The smallest absolute Gasteiger partial charge is 0.271 e. The SMILES string of the molecule is NCc1cc([N+](=O)[O-])cc(Cl)c1Cl. The van der Waals surface area contributed by atoms with Crippen LogP contribution in [0.25, 0.3) is 0 Å². The lowest BCUT2D eigenvalue weighted by Crippen LogP contribution is -1.99. The lowest BCUT2D eigenvalue weighted by molar-refractivity contribution is -0.384. The molecule has 70 valence electrons. The summed E-state index contributed by atoms with van der Waals surface area (Å²) in [5.41, 5.74) is 5.69. The number of halogens is 2. The Labute approximate surface area is 84.4 Å². The van der Waals surface area contributed by atoms with E-state index in [1.54, 1.807) is 0 Å². The van der Waals surface area contributed by atoms with Gasteiger partial charge in [0.1, 0.15) is 0 Å². The minimum absolute atomic E-state index is 0.102. The zero-order chi connectivity index (χ0) is 10.0. The number of rotatable bonds is 2. The predicted molar refractivity (Wildman–Crippen MR) is 51.0 cm³/mol. The highest BCUT2D eigenvalue weighted by Gasteiger charge is 2.12. The second kappa shape index (κ2) is 3.91. The van der Waals surface area contributed by atoms with E-state index < -0.39 is 4.92 Å². The Morgan fingerprint density at radius 2 is 2.08 bits per heavy atom. The maximum atomic E-state index is 10.4. The molecule has 13 heavy (non-hydrogen) atoms. The standard InChI is InChI=1S/C7H6Cl2N2O2/c8-6-2-5(11(12)13)1-4(3-10)7(6)9/h1-2H,3,10H2. The average Bonchev–Trinajstić information content (AvgIpc) is 2.09. The lowest BCUT2D eigenvalue weighted by atomic mass is 10.2. The van der Waals surface area contributed by atoms with E-state index in [0.29, 0.717) is 5.56 Å². The van der Waals surface area contributed by atoms with Crippen molar-refractivity contribution in [3.8, 4) is 0 Å². The van der Waals surface area contributed by atoms with Crippen LogP contribution in [0.5, 0.6) is 0 Å². The Bertz CT molecular complexity index is 355. The van der Waals surface area contributed by atoms with E-state index in [0.717, 1.165) is 0 Å². The molecule has 0 aromatic heterocycles. The minimum Gasteiger partial charge on any atom is -0.326 e.